The highest BCUT2D eigenvalue weighted by atomic mass is 16.3. The Morgan fingerprint density at radius 1 is 0.909 bits per heavy atom. The normalized spacial score (nSPS) is 11.8. The van der Waals surface area contributed by atoms with E-state index in [0.29, 0.717) is 17.5 Å². The quantitative estimate of drug-likeness (QED) is 0.512. The molecule has 0 fully saturated rings. The van der Waals surface area contributed by atoms with E-state index in [1.54, 1.807) is 16.9 Å². The van der Waals surface area contributed by atoms with E-state index in [1.165, 1.54) is 10.8 Å². The molecule has 5 nitrogen and oxygen atoms in total. The van der Waals surface area contributed by atoms with Gasteiger partial charge in [0, 0.05) is 10.8 Å². The fourth-order valence-corrected chi connectivity index (χ4v) is 3.11. The van der Waals surface area contributed by atoms with Gasteiger partial charge in [0.15, 0.2) is 11.6 Å². The van der Waals surface area contributed by atoms with Gasteiger partial charge in [-0.2, -0.15) is 4.98 Å². The van der Waals surface area contributed by atoms with Crippen LogP contribution >= 0.6 is 0 Å². The third kappa shape index (κ3) is 1.30. The van der Waals surface area contributed by atoms with Crippen molar-refractivity contribution in [2.24, 2.45) is 0 Å². The van der Waals surface area contributed by atoms with Crippen molar-refractivity contribution in [1.29, 1.82) is 0 Å². The minimum Gasteiger partial charge on any atom is -0.432 e. The van der Waals surface area contributed by atoms with Crippen molar-refractivity contribution < 1.29 is 4.42 Å². The molecule has 106 valence electrons. The van der Waals surface area contributed by atoms with Crippen molar-refractivity contribution in [3.8, 4) is 5.82 Å². The van der Waals surface area contributed by atoms with Gasteiger partial charge in [-0.3, -0.25) is 8.97 Å². The maximum atomic E-state index is 6.28. The van der Waals surface area contributed by atoms with Crippen LogP contribution in [-0.2, 0) is 0 Å². The number of hydrogen-bond donors (Lipinski definition) is 1. The van der Waals surface area contributed by atoms with E-state index in [9.17, 15) is 0 Å². The number of nitrogens with zero attached hydrogens (tertiary/aromatic N) is 3. The monoisotopic (exact) mass is 288 g/mol. The van der Waals surface area contributed by atoms with Crippen molar-refractivity contribution in [2.45, 2.75) is 0 Å². The highest BCUT2D eigenvalue weighted by molar-refractivity contribution is 6.09. The van der Waals surface area contributed by atoms with Gasteiger partial charge in [0.1, 0.15) is 6.26 Å². The third-order valence-corrected chi connectivity index (χ3v) is 4.07. The number of para-hydroxylation sites is 2. The first-order chi connectivity index (χ1) is 10.8. The lowest BCUT2D eigenvalue weighted by Crippen LogP contribution is -2.00. The van der Waals surface area contributed by atoms with Crippen LogP contribution in [0.4, 0.5) is 5.82 Å². The fourth-order valence-electron chi connectivity index (χ4n) is 3.11. The van der Waals surface area contributed by atoms with Crippen LogP contribution in [0.2, 0.25) is 0 Å². The van der Waals surface area contributed by atoms with Gasteiger partial charge in [-0.25, -0.2) is 0 Å². The number of oxazole rings is 1. The Balaban J connectivity index is 2.01. The molecule has 0 spiro atoms. The van der Waals surface area contributed by atoms with E-state index in [1.807, 2.05) is 24.3 Å². The number of hydrogen-bond acceptors (Lipinski definition) is 3. The summed E-state index contributed by atoms with van der Waals surface area (Å²) >= 11 is 0. The molecular weight excluding hydrogens is 276 g/mol. The number of aromatic nitrogens is 3. The van der Waals surface area contributed by atoms with Gasteiger partial charge in [0.05, 0.1) is 17.2 Å². The molecule has 0 aliphatic carbocycles. The first-order valence-electron chi connectivity index (χ1n) is 7.04. The molecule has 22 heavy (non-hydrogen) atoms. The molecule has 0 amide bonds. The second-order valence-electron chi connectivity index (χ2n) is 5.25. The summed E-state index contributed by atoms with van der Waals surface area (Å²) in [5, 5.41) is 2.37. The number of fused-ring (bicyclic) bond motifs is 4. The van der Waals surface area contributed by atoms with E-state index < -0.39 is 0 Å². The van der Waals surface area contributed by atoms with Gasteiger partial charge in [-0.1, -0.05) is 36.4 Å². The Labute approximate surface area is 125 Å². The summed E-state index contributed by atoms with van der Waals surface area (Å²) < 4.78 is 9.19. The smallest absolute Gasteiger partial charge is 0.309 e. The summed E-state index contributed by atoms with van der Waals surface area (Å²) in [6, 6.07) is 16.5. The van der Waals surface area contributed by atoms with Crippen LogP contribution in [0.15, 0.2) is 65.4 Å². The SMILES string of the molecule is Nc1c(-n2c3ccccc3c3ccccc32)nc2occn12. The Bertz CT molecular complexity index is 1090. The molecule has 5 rings (SSSR count). The minimum atomic E-state index is 0.495. The molecule has 0 saturated heterocycles. The molecule has 0 aliphatic rings. The molecule has 0 saturated carbocycles. The van der Waals surface area contributed by atoms with E-state index in [0.717, 1.165) is 11.0 Å². The maximum Gasteiger partial charge on any atom is 0.309 e. The van der Waals surface area contributed by atoms with Crippen LogP contribution in [0.25, 0.3) is 33.5 Å². The molecule has 2 N–H and O–H groups in total. The molecular formula is C17H12N4O. The minimum absolute atomic E-state index is 0.495. The molecule has 0 radical (unpaired) electrons. The first-order valence-corrected chi connectivity index (χ1v) is 7.04. The van der Waals surface area contributed by atoms with Crippen molar-refractivity contribution >= 4 is 33.5 Å². The number of nitrogens with two attached hydrogens (primary N) is 1. The molecule has 0 aliphatic heterocycles. The van der Waals surface area contributed by atoms with Gasteiger partial charge >= 0.3 is 5.84 Å². The summed E-state index contributed by atoms with van der Waals surface area (Å²) in [6.07, 6.45) is 3.35. The van der Waals surface area contributed by atoms with Gasteiger partial charge in [0.2, 0.25) is 0 Å². The molecule has 2 aromatic carbocycles. The standard InChI is InChI=1S/C17H12N4O/c18-15-16(19-17-20(15)9-10-22-17)21-13-7-3-1-5-11(13)12-6-2-4-8-14(12)21/h1-10H,18H2. The summed E-state index contributed by atoms with van der Waals surface area (Å²) in [5.41, 5.74) is 8.44. The van der Waals surface area contributed by atoms with Crippen LogP contribution in [0, 0.1) is 0 Å². The van der Waals surface area contributed by atoms with Gasteiger partial charge in [-0.15, -0.1) is 0 Å². The van der Waals surface area contributed by atoms with Crippen LogP contribution in [-0.4, -0.2) is 14.0 Å². The number of nitrogen functional groups attached to an aromatic ring is 1. The second-order valence-corrected chi connectivity index (χ2v) is 5.25. The molecule has 5 heteroatoms. The van der Waals surface area contributed by atoms with Gasteiger partial charge in [0.25, 0.3) is 0 Å². The van der Waals surface area contributed by atoms with Crippen molar-refractivity contribution in [3.63, 3.8) is 0 Å². The predicted octanol–water partition coefficient (Wildman–Crippen LogP) is 3.61. The van der Waals surface area contributed by atoms with Crippen LogP contribution in [0.5, 0.6) is 0 Å². The lowest BCUT2D eigenvalue weighted by atomic mass is 10.2. The lowest BCUT2D eigenvalue weighted by molar-refractivity contribution is 0.595. The molecule has 0 bridgehead atoms. The van der Waals surface area contributed by atoms with E-state index in [2.05, 4.69) is 33.8 Å². The average Bonchev–Trinajstić information content (AvgIpc) is 3.21. The summed E-state index contributed by atoms with van der Waals surface area (Å²) in [6.45, 7) is 0. The maximum absolute atomic E-state index is 6.28. The van der Waals surface area contributed by atoms with Gasteiger partial charge < -0.3 is 10.2 Å². The topological polar surface area (TPSA) is 61.4 Å². The Hall–Kier alpha value is -3.21. The number of benzene rings is 2. The molecule has 3 aromatic heterocycles. The zero-order chi connectivity index (χ0) is 14.7. The summed E-state index contributed by atoms with van der Waals surface area (Å²) in [5.74, 6) is 1.75. The van der Waals surface area contributed by atoms with E-state index in [-0.39, 0.29) is 0 Å². The number of rotatable bonds is 1. The number of anilines is 1. The first kappa shape index (κ1) is 11.4. The van der Waals surface area contributed by atoms with E-state index in [4.69, 9.17) is 10.2 Å². The van der Waals surface area contributed by atoms with Crippen molar-refractivity contribution in [2.75, 3.05) is 5.73 Å². The highest BCUT2D eigenvalue weighted by Gasteiger charge is 2.18. The molecule has 0 unspecified atom stereocenters. The summed E-state index contributed by atoms with van der Waals surface area (Å²) in [4.78, 5) is 4.55. The van der Waals surface area contributed by atoms with Crippen LogP contribution < -0.4 is 5.73 Å². The molecule has 0 atom stereocenters. The van der Waals surface area contributed by atoms with Crippen molar-refractivity contribution in [1.82, 2.24) is 14.0 Å². The average molecular weight is 288 g/mol. The van der Waals surface area contributed by atoms with Gasteiger partial charge in [-0.05, 0) is 12.1 Å². The predicted molar refractivity (Wildman–Crippen MR) is 86.2 cm³/mol. The Morgan fingerprint density at radius 3 is 2.18 bits per heavy atom. The Morgan fingerprint density at radius 2 is 1.55 bits per heavy atom. The van der Waals surface area contributed by atoms with Crippen LogP contribution in [0.1, 0.15) is 0 Å². The van der Waals surface area contributed by atoms with Crippen molar-refractivity contribution in [3.05, 3.63) is 61.0 Å². The number of imidazole rings is 1. The highest BCUT2D eigenvalue weighted by Crippen LogP contribution is 2.33. The third-order valence-electron chi connectivity index (χ3n) is 4.07. The summed E-state index contributed by atoms with van der Waals surface area (Å²) in [7, 11) is 0. The largest absolute Gasteiger partial charge is 0.432 e. The Kier molecular flexibility index (Phi) is 2.04. The molecule has 5 aromatic rings. The van der Waals surface area contributed by atoms with E-state index >= 15 is 0 Å². The molecule has 3 heterocycles. The second kappa shape index (κ2) is 3.92. The lowest BCUT2D eigenvalue weighted by Gasteiger charge is -2.04. The zero-order valence-corrected chi connectivity index (χ0v) is 11.6. The van der Waals surface area contributed by atoms with Crippen LogP contribution in [0.3, 0.4) is 0 Å². The zero-order valence-electron chi connectivity index (χ0n) is 11.6. The fraction of sp³-hybridized carbons (Fsp3) is 0.